The predicted molar refractivity (Wildman–Crippen MR) is 141 cm³/mol. The van der Waals surface area contributed by atoms with Crippen LogP contribution in [0.2, 0.25) is 0 Å². The van der Waals surface area contributed by atoms with Gasteiger partial charge in [0.25, 0.3) is 0 Å². The first-order valence-electron chi connectivity index (χ1n) is 14.5. The van der Waals surface area contributed by atoms with Gasteiger partial charge < -0.3 is 9.66 Å². The molecule has 6 heteroatoms. The van der Waals surface area contributed by atoms with Crippen molar-refractivity contribution in [3.8, 4) is 0 Å². The summed E-state index contributed by atoms with van der Waals surface area (Å²) in [5.74, 6) is 2.29. The van der Waals surface area contributed by atoms with Crippen LogP contribution in [0.15, 0.2) is 11.6 Å². The fourth-order valence-corrected chi connectivity index (χ4v) is 12.2. The van der Waals surface area contributed by atoms with E-state index in [9.17, 15) is 18.1 Å². The van der Waals surface area contributed by atoms with Crippen LogP contribution in [-0.4, -0.2) is 30.3 Å². The second-order valence-corrected chi connectivity index (χ2v) is 16.0. The molecule has 5 nitrogen and oxygen atoms in total. The molecule has 0 aromatic rings. The van der Waals surface area contributed by atoms with E-state index < -0.39 is 16.5 Å². The van der Waals surface area contributed by atoms with Crippen molar-refractivity contribution in [1.82, 2.24) is 0 Å². The Balaban J connectivity index is 1.39. The van der Waals surface area contributed by atoms with Crippen molar-refractivity contribution in [2.24, 2.45) is 50.7 Å². The Morgan fingerprint density at radius 1 is 0.972 bits per heavy atom. The molecule has 10 atom stereocenters. The van der Waals surface area contributed by atoms with E-state index in [0.29, 0.717) is 45.8 Å². The molecular weight excluding hydrogens is 472 g/mol. The second kappa shape index (κ2) is 8.29. The number of fused-ring (bicyclic) bond motifs is 2. The van der Waals surface area contributed by atoms with E-state index in [1.165, 1.54) is 44.1 Å². The van der Waals surface area contributed by atoms with E-state index in [1.54, 1.807) is 0 Å². The fourth-order valence-electron chi connectivity index (χ4n) is 11.6. The minimum absolute atomic E-state index is 0.291. The molecule has 0 radical (unpaired) electrons. The first-order chi connectivity index (χ1) is 16.5. The summed E-state index contributed by atoms with van der Waals surface area (Å²) in [6, 6.07) is 0. The highest BCUT2D eigenvalue weighted by molar-refractivity contribution is 7.80. The highest BCUT2D eigenvalue weighted by atomic mass is 32.3. The number of allylic oxidation sites excluding steroid dienone is 1. The fraction of sp³-hybridized carbons (Fsp3) is 0.933. The van der Waals surface area contributed by atoms with Crippen molar-refractivity contribution in [1.29, 1.82) is 0 Å². The van der Waals surface area contributed by atoms with Crippen LogP contribution < -0.4 is 0 Å². The minimum Gasteiger partial charge on any atom is -0.726 e. The number of rotatable bonds is 6. The van der Waals surface area contributed by atoms with Gasteiger partial charge in [-0.3, -0.25) is 4.18 Å². The highest BCUT2D eigenvalue weighted by Crippen LogP contribution is 2.89. The number of hydrogen-bond acceptors (Lipinski definition) is 5. The Kier molecular flexibility index (Phi) is 6.25. The lowest BCUT2D eigenvalue weighted by Gasteiger charge is -2.63. The predicted octanol–water partition coefficient (Wildman–Crippen LogP) is 6.62. The average molecular weight is 522 g/mol. The monoisotopic (exact) mass is 521 g/mol. The van der Waals surface area contributed by atoms with E-state index in [2.05, 4.69) is 48.5 Å². The van der Waals surface area contributed by atoms with Crippen LogP contribution >= 0.6 is 0 Å². The van der Waals surface area contributed by atoms with Crippen LogP contribution in [0.4, 0.5) is 0 Å². The maximum Gasteiger partial charge on any atom is 0.217 e. The summed E-state index contributed by atoms with van der Waals surface area (Å²) in [7, 11) is -4.69. The molecule has 2 unspecified atom stereocenters. The molecular formula is C30H49O5S-. The largest absolute Gasteiger partial charge is 0.726 e. The Morgan fingerprint density at radius 2 is 1.61 bits per heavy atom. The number of aliphatic hydroxyl groups is 1. The van der Waals surface area contributed by atoms with Crippen LogP contribution in [0.5, 0.6) is 0 Å². The molecule has 0 heterocycles. The van der Waals surface area contributed by atoms with Crippen molar-refractivity contribution in [2.75, 3.05) is 0 Å². The summed E-state index contributed by atoms with van der Waals surface area (Å²) in [4.78, 5) is 0. The van der Waals surface area contributed by atoms with Gasteiger partial charge in [0.15, 0.2) is 0 Å². The van der Waals surface area contributed by atoms with E-state index >= 15 is 0 Å². The molecule has 206 valence electrons. The Morgan fingerprint density at radius 3 is 2.25 bits per heavy atom. The van der Waals surface area contributed by atoms with E-state index in [4.69, 9.17) is 4.18 Å². The molecule has 0 aromatic carbocycles. The van der Waals surface area contributed by atoms with Gasteiger partial charge in [0.2, 0.25) is 10.4 Å². The third-order valence-electron chi connectivity index (χ3n) is 13.2. The molecule has 0 saturated heterocycles. The standard InChI is InChI=1S/C30H50O5S/c1-19(2)16-21(31)17-20(3)22-10-12-28(7)24-9-8-23-26(4,5)25(35-36(32,33)34)11-13-29(23)18-30(24,29)15-14-27(22,28)6/h16,20-25,31H,8-15,17-18H2,1-7H3,(H,32,33,34)/p-1/t20-,21?,22-,23+,24+,25?,27-,28+,29-,30+/m1/s1. The summed E-state index contributed by atoms with van der Waals surface area (Å²) in [5.41, 5.74) is 2.16. The molecule has 0 amide bonds. The third-order valence-corrected chi connectivity index (χ3v) is 13.6. The van der Waals surface area contributed by atoms with Crippen LogP contribution in [0.25, 0.3) is 0 Å². The normalized spacial score (nSPS) is 48.6. The van der Waals surface area contributed by atoms with E-state index in [0.717, 1.165) is 25.2 Å². The summed E-state index contributed by atoms with van der Waals surface area (Å²) >= 11 is 0. The smallest absolute Gasteiger partial charge is 0.217 e. The summed E-state index contributed by atoms with van der Waals surface area (Å²) in [6.07, 6.45) is 12.4. The molecule has 5 rings (SSSR count). The summed E-state index contributed by atoms with van der Waals surface area (Å²) in [6.45, 7) is 16.0. The van der Waals surface area contributed by atoms with Gasteiger partial charge in [0.1, 0.15) is 0 Å². The van der Waals surface area contributed by atoms with Crippen molar-refractivity contribution < 1.29 is 22.3 Å². The lowest BCUT2D eigenvalue weighted by molar-refractivity contribution is -0.158. The quantitative estimate of drug-likeness (QED) is 0.241. The van der Waals surface area contributed by atoms with Crippen molar-refractivity contribution >= 4 is 10.4 Å². The van der Waals surface area contributed by atoms with Crippen molar-refractivity contribution in [3.05, 3.63) is 11.6 Å². The highest BCUT2D eigenvalue weighted by Gasteiger charge is 2.82. The molecule has 5 aliphatic carbocycles. The van der Waals surface area contributed by atoms with Gasteiger partial charge in [0, 0.05) is 0 Å². The molecule has 36 heavy (non-hydrogen) atoms. The molecule has 5 aliphatic rings. The maximum absolute atomic E-state index is 11.5. The SMILES string of the molecule is CC(C)=CC(O)C[C@@H](C)[C@H]1CC[C@@]2(C)[C@@H]3CC[C@H]4C(C)(C)C(OS(=O)(=O)[O-])CC[C@@]45C[C@@]35CC[C@]12C. The zero-order chi connectivity index (χ0) is 26.5. The number of aliphatic hydroxyl groups excluding tert-OH is 1. The molecule has 0 aromatic heterocycles. The topological polar surface area (TPSA) is 86.7 Å². The first-order valence-corrected chi connectivity index (χ1v) is 15.8. The van der Waals surface area contributed by atoms with Crippen LogP contribution in [0, 0.1) is 50.7 Å². The van der Waals surface area contributed by atoms with Gasteiger partial charge in [-0.05, 0) is 129 Å². The number of hydrogen-bond donors (Lipinski definition) is 1. The van der Waals surface area contributed by atoms with Crippen LogP contribution in [-0.2, 0) is 14.6 Å². The molecule has 5 fully saturated rings. The lowest BCUT2D eigenvalue weighted by atomic mass is 9.41. The molecule has 0 aliphatic heterocycles. The van der Waals surface area contributed by atoms with Crippen LogP contribution in [0.3, 0.4) is 0 Å². The Hall–Kier alpha value is -0.430. The van der Waals surface area contributed by atoms with Gasteiger partial charge in [0.05, 0.1) is 12.2 Å². The zero-order valence-corrected chi connectivity index (χ0v) is 24.4. The average Bonchev–Trinajstić information content (AvgIpc) is 3.31. The summed E-state index contributed by atoms with van der Waals surface area (Å²) in [5, 5.41) is 10.7. The Bertz CT molecular complexity index is 1030. The van der Waals surface area contributed by atoms with Gasteiger partial charge in [-0.15, -0.1) is 0 Å². The van der Waals surface area contributed by atoms with Crippen LogP contribution in [0.1, 0.15) is 113 Å². The van der Waals surface area contributed by atoms with Gasteiger partial charge >= 0.3 is 0 Å². The lowest BCUT2D eigenvalue weighted by Crippen LogP contribution is -2.58. The van der Waals surface area contributed by atoms with Gasteiger partial charge in [-0.25, -0.2) is 8.42 Å². The first kappa shape index (κ1) is 27.1. The van der Waals surface area contributed by atoms with Crippen molar-refractivity contribution in [2.45, 2.75) is 125 Å². The minimum atomic E-state index is -4.69. The van der Waals surface area contributed by atoms with Crippen molar-refractivity contribution in [3.63, 3.8) is 0 Å². The van der Waals surface area contributed by atoms with E-state index in [-0.39, 0.29) is 11.5 Å². The van der Waals surface area contributed by atoms with E-state index in [1.807, 2.05) is 6.08 Å². The molecule has 1 N–H and O–H groups in total. The molecule has 5 saturated carbocycles. The Labute approximate surface area is 219 Å². The summed E-state index contributed by atoms with van der Waals surface area (Å²) < 4.78 is 39.6. The zero-order valence-electron chi connectivity index (χ0n) is 23.6. The third kappa shape index (κ3) is 3.67. The molecule has 2 spiro atoms. The second-order valence-electron chi connectivity index (χ2n) is 15.0. The maximum atomic E-state index is 11.5. The van der Waals surface area contributed by atoms with Gasteiger partial charge in [-0.1, -0.05) is 46.3 Å². The van der Waals surface area contributed by atoms with Gasteiger partial charge in [-0.2, -0.15) is 0 Å². The molecule has 0 bridgehead atoms.